The van der Waals surface area contributed by atoms with Crippen molar-refractivity contribution < 1.29 is 0 Å². The second kappa shape index (κ2) is 8.72. The number of imidazole rings is 1. The molecular formula is C25H22ClN9O. The van der Waals surface area contributed by atoms with E-state index < -0.39 is 0 Å². The van der Waals surface area contributed by atoms with Crippen LogP contribution < -0.4 is 10.5 Å². The van der Waals surface area contributed by atoms with Gasteiger partial charge in [0.15, 0.2) is 0 Å². The van der Waals surface area contributed by atoms with Crippen molar-refractivity contribution >= 4 is 17.4 Å². The highest BCUT2D eigenvalue weighted by molar-refractivity contribution is 6.31. The Kier molecular flexibility index (Phi) is 5.37. The predicted octanol–water partition coefficient (Wildman–Crippen LogP) is 3.53. The lowest BCUT2D eigenvalue weighted by atomic mass is 10.0. The molecule has 10 nitrogen and oxygen atoms in total. The van der Waals surface area contributed by atoms with Gasteiger partial charge in [0.05, 0.1) is 23.6 Å². The maximum Gasteiger partial charge on any atom is 0.252 e. The number of H-pyrrole nitrogens is 1. The number of pyridine rings is 2. The molecule has 1 N–H and O–H groups in total. The van der Waals surface area contributed by atoms with Crippen LogP contribution in [0.15, 0.2) is 66.0 Å². The number of rotatable bonds is 5. The second-order valence-corrected chi connectivity index (χ2v) is 9.33. The minimum Gasteiger partial charge on any atom is -0.363 e. The van der Waals surface area contributed by atoms with Gasteiger partial charge >= 0.3 is 0 Å². The van der Waals surface area contributed by atoms with Crippen LogP contribution in [0.4, 0.5) is 5.82 Å². The maximum atomic E-state index is 13.4. The number of hydrogen-bond donors (Lipinski definition) is 1. The van der Waals surface area contributed by atoms with Gasteiger partial charge in [-0.1, -0.05) is 11.6 Å². The first-order valence-electron chi connectivity index (χ1n) is 11.5. The largest absolute Gasteiger partial charge is 0.363 e. The van der Waals surface area contributed by atoms with Gasteiger partial charge in [0, 0.05) is 48.2 Å². The average molecular weight is 500 g/mol. The third-order valence-electron chi connectivity index (χ3n) is 6.43. The van der Waals surface area contributed by atoms with E-state index in [1.165, 1.54) is 6.33 Å². The quantitative estimate of drug-likeness (QED) is 0.394. The summed E-state index contributed by atoms with van der Waals surface area (Å²) in [6.07, 6.45) is 6.66. The highest BCUT2D eigenvalue weighted by Gasteiger charge is 2.28. The fourth-order valence-corrected chi connectivity index (χ4v) is 4.86. The molecule has 0 amide bonds. The van der Waals surface area contributed by atoms with Crippen LogP contribution >= 0.6 is 11.6 Å². The molecule has 1 atom stereocenters. The number of tetrazole rings is 1. The molecule has 0 saturated carbocycles. The van der Waals surface area contributed by atoms with Crippen LogP contribution in [0.25, 0.3) is 28.1 Å². The zero-order valence-electron chi connectivity index (χ0n) is 19.6. The minimum atomic E-state index is -0.164. The van der Waals surface area contributed by atoms with Crippen molar-refractivity contribution in [2.75, 3.05) is 19.0 Å². The van der Waals surface area contributed by atoms with Gasteiger partial charge in [-0.25, -0.2) is 9.97 Å². The number of fused-ring (bicyclic) bond motifs is 1. The van der Waals surface area contributed by atoms with E-state index in [0.717, 1.165) is 58.2 Å². The molecule has 0 aliphatic carbocycles. The summed E-state index contributed by atoms with van der Waals surface area (Å²) in [4.78, 5) is 27.8. The van der Waals surface area contributed by atoms with Crippen molar-refractivity contribution in [3.8, 4) is 28.1 Å². The molecule has 1 aromatic carbocycles. The fourth-order valence-electron chi connectivity index (χ4n) is 4.68. The first-order valence-corrected chi connectivity index (χ1v) is 11.8. The van der Waals surface area contributed by atoms with Crippen molar-refractivity contribution in [1.29, 1.82) is 0 Å². The lowest BCUT2D eigenvalue weighted by Gasteiger charge is -2.15. The number of anilines is 1. The Morgan fingerprint density at radius 3 is 2.69 bits per heavy atom. The van der Waals surface area contributed by atoms with E-state index >= 15 is 0 Å². The third kappa shape index (κ3) is 3.85. The number of aromatic nitrogens is 8. The van der Waals surface area contributed by atoms with E-state index in [2.05, 4.69) is 30.5 Å². The number of hydrogen-bond acceptors (Lipinski definition) is 7. The maximum absolute atomic E-state index is 13.4. The van der Waals surface area contributed by atoms with Crippen LogP contribution in [0.1, 0.15) is 24.0 Å². The van der Waals surface area contributed by atoms with Crippen LogP contribution in [-0.2, 0) is 6.42 Å². The van der Waals surface area contributed by atoms with Crippen LogP contribution in [0, 0.1) is 0 Å². The van der Waals surface area contributed by atoms with Gasteiger partial charge in [-0.15, -0.1) is 5.10 Å². The third-order valence-corrected chi connectivity index (χ3v) is 6.66. The summed E-state index contributed by atoms with van der Waals surface area (Å²) in [6, 6.07) is 12.9. The molecule has 180 valence electrons. The normalized spacial score (nSPS) is 14.7. The SMILES string of the molecule is CN(C)c1ccc(-c2cnc([C@@H]3CCc4cc(-c5cc(Cl)ccc5-n5cnnn5)cc(=O)n43)[nH]2)cn1. The number of halogens is 1. The average Bonchev–Trinajstić information content (AvgIpc) is 3.64. The molecule has 0 unspecified atom stereocenters. The molecule has 5 aromatic rings. The van der Waals surface area contributed by atoms with Gasteiger partial charge in [0.25, 0.3) is 5.56 Å². The van der Waals surface area contributed by atoms with Crippen molar-refractivity contribution in [2.45, 2.75) is 18.9 Å². The summed E-state index contributed by atoms with van der Waals surface area (Å²) in [7, 11) is 3.91. The molecule has 36 heavy (non-hydrogen) atoms. The number of benzene rings is 1. The predicted molar refractivity (Wildman–Crippen MR) is 136 cm³/mol. The second-order valence-electron chi connectivity index (χ2n) is 8.90. The lowest BCUT2D eigenvalue weighted by Crippen LogP contribution is -2.23. The van der Waals surface area contributed by atoms with Crippen molar-refractivity contribution in [1.82, 2.24) is 39.7 Å². The highest BCUT2D eigenvalue weighted by Crippen LogP contribution is 2.34. The van der Waals surface area contributed by atoms with Crippen LogP contribution in [0.2, 0.25) is 5.02 Å². The Morgan fingerprint density at radius 1 is 1.06 bits per heavy atom. The van der Waals surface area contributed by atoms with Gasteiger partial charge in [0.2, 0.25) is 0 Å². The molecule has 6 rings (SSSR count). The van der Waals surface area contributed by atoms with Gasteiger partial charge in [0.1, 0.15) is 18.0 Å². The molecule has 0 spiro atoms. The zero-order chi connectivity index (χ0) is 24.8. The Hall–Kier alpha value is -4.31. The molecule has 1 aliphatic rings. The van der Waals surface area contributed by atoms with E-state index in [0.29, 0.717) is 5.02 Å². The monoisotopic (exact) mass is 499 g/mol. The van der Waals surface area contributed by atoms with E-state index in [-0.39, 0.29) is 11.6 Å². The molecule has 11 heteroatoms. The molecule has 5 heterocycles. The lowest BCUT2D eigenvalue weighted by molar-refractivity contribution is 0.572. The van der Waals surface area contributed by atoms with Gasteiger partial charge in [-0.2, -0.15) is 4.68 Å². The smallest absolute Gasteiger partial charge is 0.252 e. The topological polar surface area (TPSA) is 110 Å². The molecule has 0 radical (unpaired) electrons. The summed E-state index contributed by atoms with van der Waals surface area (Å²) in [6.45, 7) is 0. The summed E-state index contributed by atoms with van der Waals surface area (Å²) >= 11 is 6.30. The number of nitrogens with one attached hydrogen (secondary N) is 1. The number of aryl methyl sites for hydroxylation is 1. The molecular weight excluding hydrogens is 478 g/mol. The van der Waals surface area contributed by atoms with E-state index in [4.69, 9.17) is 11.6 Å². The summed E-state index contributed by atoms with van der Waals surface area (Å²) < 4.78 is 3.38. The number of nitrogens with zero attached hydrogens (tertiary/aromatic N) is 8. The Labute approximate surface area is 211 Å². The summed E-state index contributed by atoms with van der Waals surface area (Å²) in [5.41, 5.74) is 4.96. The summed E-state index contributed by atoms with van der Waals surface area (Å²) in [5.74, 6) is 1.64. The zero-order valence-corrected chi connectivity index (χ0v) is 20.4. The molecule has 1 aliphatic heterocycles. The fraction of sp³-hybridized carbons (Fsp3) is 0.200. The molecule has 0 fully saturated rings. The van der Waals surface area contributed by atoms with Crippen molar-refractivity contribution in [3.63, 3.8) is 0 Å². The van der Waals surface area contributed by atoms with Crippen LogP contribution in [-0.4, -0.2) is 53.8 Å². The van der Waals surface area contributed by atoms with E-state index in [1.807, 2.05) is 60.1 Å². The van der Waals surface area contributed by atoms with Gasteiger partial charge in [-0.05, 0) is 65.2 Å². The van der Waals surface area contributed by atoms with Gasteiger partial charge in [-0.3, -0.25) is 4.79 Å². The molecule has 0 bridgehead atoms. The standard InChI is InChI=1S/C25H22ClN9O/c1-33(2)23-8-3-15(12-27-23)20-13-28-25(30-20)22-7-5-18-9-16(10-24(36)35(18)22)19-11-17(26)4-6-21(19)34-14-29-31-32-34/h3-4,6,8-14,22H,5,7H2,1-2H3,(H,28,30)/t22-/m0/s1. The van der Waals surface area contributed by atoms with Gasteiger partial charge < -0.3 is 14.5 Å². The van der Waals surface area contributed by atoms with E-state index in [1.54, 1.807) is 23.0 Å². The van der Waals surface area contributed by atoms with E-state index in [9.17, 15) is 4.79 Å². The van der Waals surface area contributed by atoms with Crippen LogP contribution in [0.5, 0.6) is 0 Å². The Balaban J connectivity index is 1.35. The Morgan fingerprint density at radius 2 is 1.94 bits per heavy atom. The minimum absolute atomic E-state index is 0.0948. The molecule has 4 aromatic heterocycles. The Bertz CT molecular complexity index is 1600. The molecule has 0 saturated heterocycles. The first kappa shape index (κ1) is 22.2. The first-order chi connectivity index (χ1) is 17.5. The highest BCUT2D eigenvalue weighted by atomic mass is 35.5. The van der Waals surface area contributed by atoms with Crippen molar-refractivity contribution in [3.05, 3.63) is 88.1 Å². The van der Waals surface area contributed by atoms with Crippen molar-refractivity contribution in [2.24, 2.45) is 0 Å². The summed E-state index contributed by atoms with van der Waals surface area (Å²) in [5, 5.41) is 12.0. The number of aromatic amines is 1. The van der Waals surface area contributed by atoms with Crippen LogP contribution in [0.3, 0.4) is 0 Å².